The second-order valence-electron chi connectivity index (χ2n) is 4.60. The highest BCUT2D eigenvalue weighted by molar-refractivity contribution is 6.28. The van der Waals surface area contributed by atoms with E-state index in [4.69, 9.17) is 11.6 Å². The first-order chi connectivity index (χ1) is 8.14. The van der Waals surface area contributed by atoms with Crippen LogP contribution in [0.5, 0.6) is 0 Å². The van der Waals surface area contributed by atoms with Gasteiger partial charge in [-0.3, -0.25) is 4.79 Å². The number of hydrogen-bond donors (Lipinski definition) is 1. The summed E-state index contributed by atoms with van der Waals surface area (Å²) >= 11 is 5.68. The molecule has 1 saturated carbocycles. The number of nitrogens with one attached hydrogen (secondary N) is 1. The summed E-state index contributed by atoms with van der Waals surface area (Å²) in [6.07, 6.45) is 5.46. The van der Waals surface area contributed by atoms with Crippen LogP contribution < -0.4 is 5.32 Å². The normalized spacial score (nSPS) is 19.2. The Kier molecular flexibility index (Phi) is 5.75. The zero-order chi connectivity index (χ0) is 12.7. The summed E-state index contributed by atoms with van der Waals surface area (Å²) in [4.78, 5) is 23.1. The maximum Gasteiger partial charge on any atom is 0.406 e. The van der Waals surface area contributed by atoms with Crippen molar-refractivity contribution in [3.63, 3.8) is 0 Å². The van der Waals surface area contributed by atoms with E-state index in [2.05, 4.69) is 10.1 Å². The van der Waals surface area contributed by atoms with Crippen molar-refractivity contribution in [3.8, 4) is 0 Å². The van der Waals surface area contributed by atoms with Gasteiger partial charge in [0.1, 0.15) is 0 Å². The predicted molar refractivity (Wildman–Crippen MR) is 66.3 cm³/mol. The SMILES string of the molecule is COC(=O)NCC1(C(=O)CCl)CCCCCC1. The number of amides is 1. The summed E-state index contributed by atoms with van der Waals surface area (Å²) in [5.74, 6) is 0.0560. The minimum Gasteiger partial charge on any atom is -0.453 e. The number of alkyl carbamates (subject to hydrolysis) is 1. The molecule has 0 unspecified atom stereocenters. The van der Waals surface area contributed by atoms with E-state index in [-0.39, 0.29) is 11.7 Å². The zero-order valence-electron chi connectivity index (χ0n) is 10.3. The van der Waals surface area contributed by atoms with Crippen LogP contribution in [0.2, 0.25) is 0 Å². The molecule has 17 heavy (non-hydrogen) atoms. The van der Waals surface area contributed by atoms with Crippen molar-refractivity contribution >= 4 is 23.5 Å². The fourth-order valence-corrected chi connectivity index (χ4v) is 2.70. The van der Waals surface area contributed by atoms with Crippen molar-refractivity contribution in [2.75, 3.05) is 19.5 Å². The third-order valence-corrected chi connectivity index (χ3v) is 3.77. The van der Waals surface area contributed by atoms with Crippen LogP contribution in [0.1, 0.15) is 38.5 Å². The average molecular weight is 262 g/mol. The summed E-state index contributed by atoms with van der Waals surface area (Å²) in [5.41, 5.74) is -0.480. The first-order valence-electron chi connectivity index (χ1n) is 6.06. The van der Waals surface area contributed by atoms with Crippen molar-refractivity contribution in [1.82, 2.24) is 5.32 Å². The second kappa shape index (κ2) is 6.84. The fourth-order valence-electron chi connectivity index (χ4n) is 2.41. The lowest BCUT2D eigenvalue weighted by molar-refractivity contribution is -0.126. The molecule has 0 spiro atoms. The smallest absolute Gasteiger partial charge is 0.406 e. The molecule has 1 N–H and O–H groups in total. The Morgan fingerprint density at radius 1 is 1.24 bits per heavy atom. The number of ether oxygens (including phenoxy) is 1. The van der Waals surface area contributed by atoms with Gasteiger partial charge in [0.25, 0.3) is 0 Å². The van der Waals surface area contributed by atoms with Crippen molar-refractivity contribution in [2.24, 2.45) is 5.41 Å². The molecule has 98 valence electrons. The van der Waals surface area contributed by atoms with Gasteiger partial charge in [0, 0.05) is 12.0 Å². The van der Waals surface area contributed by atoms with Crippen LogP contribution in [0.3, 0.4) is 0 Å². The highest BCUT2D eigenvalue weighted by Crippen LogP contribution is 2.35. The van der Waals surface area contributed by atoms with Crippen LogP contribution in [0, 0.1) is 5.41 Å². The fraction of sp³-hybridized carbons (Fsp3) is 0.833. The van der Waals surface area contributed by atoms with Gasteiger partial charge in [0.15, 0.2) is 5.78 Å². The van der Waals surface area contributed by atoms with Gasteiger partial charge in [-0.05, 0) is 12.8 Å². The van der Waals surface area contributed by atoms with Gasteiger partial charge < -0.3 is 10.1 Å². The van der Waals surface area contributed by atoms with Gasteiger partial charge in [-0.2, -0.15) is 0 Å². The third-order valence-electron chi connectivity index (χ3n) is 3.53. The number of methoxy groups -OCH3 is 1. The molecular weight excluding hydrogens is 242 g/mol. The molecule has 4 nitrogen and oxygen atoms in total. The topological polar surface area (TPSA) is 55.4 Å². The minimum atomic E-state index is -0.490. The van der Waals surface area contributed by atoms with Gasteiger partial charge in [-0.1, -0.05) is 25.7 Å². The molecule has 1 amide bonds. The van der Waals surface area contributed by atoms with Crippen LogP contribution in [0.25, 0.3) is 0 Å². The lowest BCUT2D eigenvalue weighted by Gasteiger charge is -2.30. The number of Topliss-reactive ketones (excluding diaryl/α,β-unsaturated/α-hetero) is 1. The first kappa shape index (κ1) is 14.3. The standard InChI is InChI=1S/C12H20ClNO3/c1-17-11(16)14-9-12(10(15)8-13)6-4-2-3-5-7-12/h2-9H2,1H3,(H,14,16). The van der Waals surface area contributed by atoms with Gasteiger partial charge >= 0.3 is 6.09 Å². The van der Waals surface area contributed by atoms with Gasteiger partial charge in [0.05, 0.1) is 13.0 Å². The molecule has 0 radical (unpaired) electrons. The lowest BCUT2D eigenvalue weighted by atomic mass is 9.77. The molecule has 0 atom stereocenters. The van der Waals surface area contributed by atoms with Gasteiger partial charge in [-0.25, -0.2) is 4.79 Å². The summed E-state index contributed by atoms with van der Waals surface area (Å²) in [6.45, 7) is 0.339. The number of hydrogen-bond acceptors (Lipinski definition) is 3. The summed E-state index contributed by atoms with van der Waals surface area (Å²) < 4.78 is 4.54. The van der Waals surface area contributed by atoms with Crippen molar-refractivity contribution < 1.29 is 14.3 Å². The summed E-state index contributed by atoms with van der Waals surface area (Å²) in [5, 5.41) is 2.65. The lowest BCUT2D eigenvalue weighted by Crippen LogP contribution is -2.43. The van der Waals surface area contributed by atoms with Crippen molar-refractivity contribution in [2.45, 2.75) is 38.5 Å². The number of carbonyl (C=O) groups is 2. The molecule has 0 heterocycles. The maximum absolute atomic E-state index is 12.0. The van der Waals surface area contributed by atoms with Crippen molar-refractivity contribution in [3.05, 3.63) is 0 Å². The van der Waals surface area contributed by atoms with E-state index in [1.807, 2.05) is 0 Å². The van der Waals surface area contributed by atoms with E-state index in [0.29, 0.717) is 6.54 Å². The van der Waals surface area contributed by atoms with Crippen LogP contribution in [-0.2, 0) is 9.53 Å². The minimum absolute atomic E-state index is 0.0167. The van der Waals surface area contributed by atoms with E-state index in [9.17, 15) is 9.59 Å². The first-order valence-corrected chi connectivity index (χ1v) is 6.59. The monoisotopic (exact) mass is 261 g/mol. The molecule has 0 saturated heterocycles. The Labute approximate surface area is 107 Å². The Balaban J connectivity index is 2.70. The second-order valence-corrected chi connectivity index (χ2v) is 4.86. The molecule has 0 aromatic heterocycles. The Hall–Kier alpha value is -0.770. The quantitative estimate of drug-likeness (QED) is 0.625. The Bertz CT molecular complexity index is 273. The van der Waals surface area contributed by atoms with Crippen LogP contribution in [-0.4, -0.2) is 31.4 Å². The Morgan fingerprint density at radius 2 is 1.82 bits per heavy atom. The van der Waals surface area contributed by atoms with E-state index in [0.717, 1.165) is 38.5 Å². The number of alkyl halides is 1. The number of carbonyl (C=O) groups excluding carboxylic acids is 2. The number of ketones is 1. The largest absolute Gasteiger partial charge is 0.453 e. The van der Waals surface area contributed by atoms with Crippen LogP contribution >= 0.6 is 11.6 Å². The van der Waals surface area contributed by atoms with Crippen molar-refractivity contribution in [1.29, 1.82) is 0 Å². The molecule has 0 aromatic rings. The molecule has 0 bridgehead atoms. The molecule has 5 heteroatoms. The van der Waals surface area contributed by atoms with E-state index in [1.54, 1.807) is 0 Å². The molecule has 0 aromatic carbocycles. The highest BCUT2D eigenvalue weighted by Gasteiger charge is 2.37. The van der Waals surface area contributed by atoms with E-state index >= 15 is 0 Å². The Morgan fingerprint density at radius 3 is 2.29 bits per heavy atom. The van der Waals surface area contributed by atoms with E-state index in [1.165, 1.54) is 7.11 Å². The molecule has 0 aliphatic heterocycles. The number of halogens is 1. The third kappa shape index (κ3) is 3.87. The maximum atomic E-state index is 12.0. The number of rotatable bonds is 4. The van der Waals surface area contributed by atoms with Gasteiger partial charge in [-0.15, -0.1) is 11.6 Å². The van der Waals surface area contributed by atoms with Gasteiger partial charge in [0.2, 0.25) is 0 Å². The summed E-state index contributed by atoms with van der Waals surface area (Å²) in [7, 11) is 1.32. The molecular formula is C12H20ClNO3. The van der Waals surface area contributed by atoms with Crippen LogP contribution in [0.15, 0.2) is 0 Å². The molecule has 1 rings (SSSR count). The van der Waals surface area contributed by atoms with Crippen LogP contribution in [0.4, 0.5) is 4.79 Å². The van der Waals surface area contributed by atoms with E-state index < -0.39 is 11.5 Å². The average Bonchev–Trinajstić information content (AvgIpc) is 2.61. The highest BCUT2D eigenvalue weighted by atomic mass is 35.5. The predicted octanol–water partition coefficient (Wildman–Crippen LogP) is 2.49. The molecule has 1 fully saturated rings. The molecule has 1 aliphatic carbocycles. The molecule has 1 aliphatic rings. The summed E-state index contributed by atoms with van der Waals surface area (Å²) in [6, 6.07) is 0. The zero-order valence-corrected chi connectivity index (χ0v) is 11.0.